The highest BCUT2D eigenvalue weighted by Gasteiger charge is 2.21. The van der Waals surface area contributed by atoms with Gasteiger partial charge in [-0.1, -0.05) is 23.7 Å². The lowest BCUT2D eigenvalue weighted by Gasteiger charge is -2.16. The van der Waals surface area contributed by atoms with Crippen LogP contribution in [0.15, 0.2) is 36.4 Å². The Morgan fingerprint density at radius 1 is 1.17 bits per heavy atom. The van der Waals surface area contributed by atoms with E-state index in [1.165, 1.54) is 7.11 Å². The van der Waals surface area contributed by atoms with Crippen LogP contribution in [0.3, 0.4) is 0 Å². The molecular formula is C18H19ClO4. The molecule has 0 radical (unpaired) electrons. The summed E-state index contributed by atoms with van der Waals surface area (Å²) in [6.07, 6.45) is -0.771. The van der Waals surface area contributed by atoms with Gasteiger partial charge in [-0.15, -0.1) is 0 Å². The molecule has 0 aliphatic rings. The van der Waals surface area contributed by atoms with Gasteiger partial charge in [0.2, 0.25) is 0 Å². The third-order valence-electron chi connectivity index (χ3n) is 3.39. The molecule has 1 N–H and O–H groups in total. The number of rotatable bonds is 6. The molecule has 1 atom stereocenters. The molecular weight excluding hydrogens is 316 g/mol. The van der Waals surface area contributed by atoms with E-state index >= 15 is 0 Å². The van der Waals surface area contributed by atoms with Gasteiger partial charge in [-0.05, 0) is 54.8 Å². The molecule has 0 saturated carbocycles. The monoisotopic (exact) mass is 334 g/mol. The maximum atomic E-state index is 11.5. The average Bonchev–Trinajstić information content (AvgIpc) is 2.45. The van der Waals surface area contributed by atoms with Crippen molar-refractivity contribution in [3.8, 4) is 11.5 Å². The molecule has 0 bridgehead atoms. The number of benzene rings is 2. The van der Waals surface area contributed by atoms with Gasteiger partial charge in [0.05, 0.1) is 12.1 Å². The molecule has 0 unspecified atom stereocenters. The standard InChI is InChI=1S/C18H19ClO4/c1-11-6-12(2)8-14(7-11)23-17(18(20)21)10-13-4-5-16(22-3)15(19)9-13/h4-9,17H,10H2,1-3H3,(H,20,21)/t17-/m1/s1. The number of hydrogen-bond donors (Lipinski definition) is 1. The van der Waals surface area contributed by atoms with Crippen LogP contribution < -0.4 is 9.47 Å². The molecule has 23 heavy (non-hydrogen) atoms. The van der Waals surface area contributed by atoms with Gasteiger partial charge < -0.3 is 14.6 Å². The van der Waals surface area contributed by atoms with E-state index in [1.807, 2.05) is 32.0 Å². The van der Waals surface area contributed by atoms with E-state index in [2.05, 4.69) is 0 Å². The number of ether oxygens (including phenoxy) is 2. The van der Waals surface area contributed by atoms with Gasteiger partial charge in [-0.25, -0.2) is 4.79 Å². The fourth-order valence-electron chi connectivity index (χ4n) is 2.40. The summed E-state index contributed by atoms with van der Waals surface area (Å²) in [7, 11) is 1.53. The summed E-state index contributed by atoms with van der Waals surface area (Å²) in [6, 6.07) is 10.8. The molecule has 4 nitrogen and oxygen atoms in total. The van der Waals surface area contributed by atoms with E-state index in [0.717, 1.165) is 16.7 Å². The molecule has 2 aromatic carbocycles. The number of hydrogen-bond acceptors (Lipinski definition) is 3. The van der Waals surface area contributed by atoms with Gasteiger partial charge in [0.1, 0.15) is 11.5 Å². The fraction of sp³-hybridized carbons (Fsp3) is 0.278. The minimum absolute atomic E-state index is 0.214. The number of aryl methyl sites for hydroxylation is 2. The Bertz CT molecular complexity index is 692. The molecule has 0 amide bonds. The zero-order chi connectivity index (χ0) is 17.0. The van der Waals surface area contributed by atoms with Crippen molar-refractivity contribution < 1.29 is 19.4 Å². The molecule has 0 aliphatic heterocycles. The third kappa shape index (κ3) is 4.63. The van der Waals surface area contributed by atoms with E-state index < -0.39 is 12.1 Å². The van der Waals surface area contributed by atoms with Crippen LogP contribution in [0.2, 0.25) is 5.02 Å². The number of carboxylic acids is 1. The van der Waals surface area contributed by atoms with E-state index in [0.29, 0.717) is 16.5 Å². The minimum Gasteiger partial charge on any atom is -0.495 e. The van der Waals surface area contributed by atoms with Gasteiger partial charge in [0, 0.05) is 6.42 Å². The zero-order valence-corrected chi connectivity index (χ0v) is 14.1. The number of aliphatic carboxylic acids is 1. The van der Waals surface area contributed by atoms with Gasteiger partial charge >= 0.3 is 5.97 Å². The quantitative estimate of drug-likeness (QED) is 0.866. The first-order valence-electron chi connectivity index (χ1n) is 7.19. The second kappa shape index (κ2) is 7.38. The Kier molecular flexibility index (Phi) is 5.50. The summed E-state index contributed by atoms with van der Waals surface area (Å²) in [4.78, 5) is 11.5. The maximum absolute atomic E-state index is 11.5. The average molecular weight is 335 g/mol. The Morgan fingerprint density at radius 3 is 2.35 bits per heavy atom. The summed E-state index contributed by atoms with van der Waals surface area (Å²) in [5.74, 6) is 0.0862. The van der Waals surface area contributed by atoms with Crippen LogP contribution in [-0.4, -0.2) is 24.3 Å². The van der Waals surface area contributed by atoms with Crippen molar-refractivity contribution in [2.45, 2.75) is 26.4 Å². The highest BCUT2D eigenvalue weighted by molar-refractivity contribution is 6.32. The van der Waals surface area contributed by atoms with Crippen molar-refractivity contribution in [2.24, 2.45) is 0 Å². The molecule has 0 heterocycles. The molecule has 0 aromatic heterocycles. The van der Waals surface area contributed by atoms with Crippen molar-refractivity contribution in [1.29, 1.82) is 0 Å². The fourth-order valence-corrected chi connectivity index (χ4v) is 2.68. The SMILES string of the molecule is COc1ccc(C[C@@H](Oc2cc(C)cc(C)c2)C(=O)O)cc1Cl. The van der Waals surface area contributed by atoms with Crippen molar-refractivity contribution in [3.63, 3.8) is 0 Å². The highest BCUT2D eigenvalue weighted by atomic mass is 35.5. The van der Waals surface area contributed by atoms with Gasteiger partial charge in [0.15, 0.2) is 6.10 Å². The van der Waals surface area contributed by atoms with Crippen molar-refractivity contribution in [2.75, 3.05) is 7.11 Å². The summed E-state index contributed by atoms with van der Waals surface area (Å²) in [6.45, 7) is 3.89. The Hall–Kier alpha value is -2.20. The van der Waals surface area contributed by atoms with Crippen LogP contribution in [-0.2, 0) is 11.2 Å². The predicted octanol–water partition coefficient (Wildman–Crippen LogP) is 4.04. The maximum Gasteiger partial charge on any atom is 0.345 e. The first kappa shape index (κ1) is 17.2. The lowest BCUT2D eigenvalue weighted by molar-refractivity contribution is -0.145. The molecule has 0 aliphatic carbocycles. The van der Waals surface area contributed by atoms with Crippen LogP contribution >= 0.6 is 11.6 Å². The van der Waals surface area contributed by atoms with Crippen LogP contribution in [0.25, 0.3) is 0 Å². The number of carboxylic acid groups (broad SMARTS) is 1. The van der Waals surface area contributed by atoms with Crippen LogP contribution in [0, 0.1) is 13.8 Å². The molecule has 0 spiro atoms. The van der Waals surface area contributed by atoms with Crippen LogP contribution in [0.5, 0.6) is 11.5 Å². The van der Waals surface area contributed by atoms with Crippen molar-refractivity contribution in [1.82, 2.24) is 0 Å². The van der Waals surface area contributed by atoms with Crippen molar-refractivity contribution >= 4 is 17.6 Å². The highest BCUT2D eigenvalue weighted by Crippen LogP contribution is 2.26. The number of halogens is 1. The molecule has 0 saturated heterocycles. The Morgan fingerprint density at radius 2 is 1.83 bits per heavy atom. The minimum atomic E-state index is -1.02. The normalized spacial score (nSPS) is 11.8. The Balaban J connectivity index is 2.18. The summed E-state index contributed by atoms with van der Waals surface area (Å²) in [5, 5.41) is 9.87. The first-order chi connectivity index (χ1) is 10.9. The van der Waals surface area contributed by atoms with Crippen molar-refractivity contribution in [3.05, 3.63) is 58.1 Å². The van der Waals surface area contributed by atoms with E-state index in [-0.39, 0.29) is 6.42 Å². The smallest absolute Gasteiger partial charge is 0.345 e. The summed E-state index contributed by atoms with van der Waals surface area (Å²) >= 11 is 6.08. The summed E-state index contributed by atoms with van der Waals surface area (Å²) in [5.41, 5.74) is 2.82. The van der Waals surface area contributed by atoms with Gasteiger partial charge in [0.25, 0.3) is 0 Å². The Labute approximate surface area is 140 Å². The number of methoxy groups -OCH3 is 1. The van der Waals surface area contributed by atoms with E-state index in [9.17, 15) is 9.90 Å². The molecule has 5 heteroatoms. The zero-order valence-electron chi connectivity index (χ0n) is 13.3. The molecule has 2 rings (SSSR count). The molecule has 2 aromatic rings. The van der Waals surface area contributed by atoms with Gasteiger partial charge in [-0.3, -0.25) is 0 Å². The second-order valence-electron chi connectivity index (χ2n) is 5.44. The lowest BCUT2D eigenvalue weighted by atomic mass is 10.1. The lowest BCUT2D eigenvalue weighted by Crippen LogP contribution is -2.29. The van der Waals surface area contributed by atoms with E-state index in [1.54, 1.807) is 18.2 Å². The van der Waals surface area contributed by atoms with Gasteiger partial charge in [-0.2, -0.15) is 0 Å². The van der Waals surface area contributed by atoms with Crippen LogP contribution in [0.4, 0.5) is 0 Å². The second-order valence-corrected chi connectivity index (χ2v) is 5.85. The molecule has 122 valence electrons. The largest absolute Gasteiger partial charge is 0.495 e. The summed E-state index contributed by atoms with van der Waals surface area (Å²) < 4.78 is 10.8. The van der Waals surface area contributed by atoms with E-state index in [4.69, 9.17) is 21.1 Å². The first-order valence-corrected chi connectivity index (χ1v) is 7.57. The molecule has 0 fully saturated rings. The predicted molar refractivity (Wildman–Crippen MR) is 89.7 cm³/mol. The third-order valence-corrected chi connectivity index (χ3v) is 3.68. The van der Waals surface area contributed by atoms with Crippen LogP contribution in [0.1, 0.15) is 16.7 Å². The number of carbonyl (C=O) groups is 1. The topological polar surface area (TPSA) is 55.8 Å².